The molecule has 0 fully saturated rings. The number of hydrogen-bond donors (Lipinski definition) is 0. The van der Waals surface area contributed by atoms with E-state index in [1.807, 2.05) is 18.5 Å². The Bertz CT molecular complexity index is 114. The van der Waals surface area contributed by atoms with Crippen LogP contribution >= 0.6 is 7.29 Å². The minimum absolute atomic E-state index is 0.890. The van der Waals surface area contributed by atoms with Gasteiger partial charge in [-0.25, -0.2) is 0 Å². The first-order chi connectivity index (χ1) is 4.02. The van der Waals surface area contributed by atoms with Crippen LogP contribution in [0.1, 0.15) is 13.8 Å². The molecule has 56 valence electrons. The fourth-order valence-corrected chi connectivity index (χ4v) is 2.27. The zero-order valence-corrected chi connectivity index (χ0v) is 7.61. The van der Waals surface area contributed by atoms with E-state index < -0.39 is 7.29 Å². The minimum atomic E-state index is -1.94. The van der Waals surface area contributed by atoms with Crippen LogP contribution in [0.25, 0.3) is 0 Å². The highest BCUT2D eigenvalue weighted by Crippen LogP contribution is 2.40. The molecule has 0 radical (unpaired) electrons. The van der Waals surface area contributed by atoms with Gasteiger partial charge in [0.1, 0.15) is 7.29 Å². The van der Waals surface area contributed by atoms with Gasteiger partial charge in [0, 0.05) is 26.4 Å². The van der Waals surface area contributed by atoms with Crippen molar-refractivity contribution in [1.29, 1.82) is 0 Å². The highest BCUT2D eigenvalue weighted by atomic mass is 31.2. The zero-order valence-electron chi connectivity index (χ0n) is 6.72. The highest BCUT2D eigenvalue weighted by Gasteiger charge is 2.13. The molecule has 2 nitrogen and oxygen atoms in total. The minimum Gasteiger partial charge on any atom is -0.307 e. The predicted molar refractivity (Wildman–Crippen MR) is 42.4 cm³/mol. The van der Waals surface area contributed by atoms with Gasteiger partial charge in [-0.05, 0) is 0 Å². The Morgan fingerprint density at radius 3 is 1.56 bits per heavy atom. The van der Waals surface area contributed by atoms with Gasteiger partial charge >= 0.3 is 0 Å². The third-order valence-corrected chi connectivity index (χ3v) is 3.34. The molecule has 0 aliphatic carbocycles. The van der Waals surface area contributed by atoms with Crippen molar-refractivity contribution in [3.05, 3.63) is 0 Å². The van der Waals surface area contributed by atoms with Gasteiger partial charge in [0.05, 0.1) is 0 Å². The first kappa shape index (κ1) is 9.19. The normalized spacial score (nSPS) is 12.6. The summed E-state index contributed by atoms with van der Waals surface area (Å²) in [5, 5.41) is 0. The lowest BCUT2D eigenvalue weighted by Gasteiger charge is -2.22. The van der Waals surface area contributed by atoms with Crippen LogP contribution in [0.15, 0.2) is 0 Å². The smallest absolute Gasteiger partial charge is 0.144 e. The standard InChI is InChI=1S/C6H16NOP/c1-5-7(6-2)9(3,4)8/h5-6H2,1-4H3. The first-order valence-corrected chi connectivity index (χ1v) is 5.88. The van der Waals surface area contributed by atoms with Crippen molar-refractivity contribution < 1.29 is 4.57 Å². The number of hydrogen-bond acceptors (Lipinski definition) is 1. The van der Waals surface area contributed by atoms with E-state index in [4.69, 9.17) is 0 Å². The van der Waals surface area contributed by atoms with Crippen LogP contribution in [-0.2, 0) is 4.57 Å². The summed E-state index contributed by atoms with van der Waals surface area (Å²) in [5.41, 5.74) is 0. The molecule has 0 spiro atoms. The lowest BCUT2D eigenvalue weighted by atomic mass is 10.7. The van der Waals surface area contributed by atoms with Crippen molar-refractivity contribution >= 4 is 7.29 Å². The van der Waals surface area contributed by atoms with E-state index >= 15 is 0 Å². The summed E-state index contributed by atoms with van der Waals surface area (Å²) in [7, 11) is -1.94. The van der Waals surface area contributed by atoms with Gasteiger partial charge in [0.15, 0.2) is 0 Å². The van der Waals surface area contributed by atoms with Crippen LogP contribution in [0.3, 0.4) is 0 Å². The van der Waals surface area contributed by atoms with Gasteiger partial charge < -0.3 is 4.57 Å². The quantitative estimate of drug-likeness (QED) is 0.571. The lowest BCUT2D eigenvalue weighted by molar-refractivity contribution is 0.451. The molecule has 0 aromatic heterocycles. The fraction of sp³-hybridized carbons (Fsp3) is 1.00. The summed E-state index contributed by atoms with van der Waals surface area (Å²) in [5.74, 6) is 0. The van der Waals surface area contributed by atoms with E-state index in [2.05, 4.69) is 0 Å². The monoisotopic (exact) mass is 149 g/mol. The van der Waals surface area contributed by atoms with Crippen molar-refractivity contribution in [2.75, 3.05) is 26.4 Å². The van der Waals surface area contributed by atoms with Crippen LogP contribution in [0.2, 0.25) is 0 Å². The second-order valence-corrected chi connectivity index (χ2v) is 5.59. The van der Waals surface area contributed by atoms with E-state index in [0.29, 0.717) is 0 Å². The largest absolute Gasteiger partial charge is 0.307 e. The SMILES string of the molecule is CCN(CC)P(C)(C)=O. The summed E-state index contributed by atoms with van der Waals surface area (Å²) in [6.45, 7) is 9.45. The van der Waals surface area contributed by atoms with Crippen molar-refractivity contribution in [2.45, 2.75) is 13.8 Å². The Morgan fingerprint density at radius 2 is 1.56 bits per heavy atom. The van der Waals surface area contributed by atoms with Crippen LogP contribution in [0, 0.1) is 0 Å². The van der Waals surface area contributed by atoms with E-state index in [0.717, 1.165) is 13.1 Å². The average Bonchev–Trinajstić information content (AvgIpc) is 1.65. The second-order valence-electron chi connectivity index (χ2n) is 2.43. The third kappa shape index (κ3) is 3.02. The van der Waals surface area contributed by atoms with Crippen molar-refractivity contribution in [1.82, 2.24) is 4.67 Å². The summed E-state index contributed by atoms with van der Waals surface area (Å²) in [6, 6.07) is 0. The van der Waals surface area contributed by atoms with Gasteiger partial charge in [-0.2, -0.15) is 0 Å². The zero-order chi connectivity index (χ0) is 7.49. The molecule has 0 aliphatic rings. The molecule has 0 bridgehead atoms. The summed E-state index contributed by atoms with van der Waals surface area (Å²) < 4.78 is 13.3. The molecule has 0 atom stereocenters. The summed E-state index contributed by atoms with van der Waals surface area (Å²) in [6.07, 6.45) is 0. The van der Waals surface area contributed by atoms with E-state index in [1.165, 1.54) is 0 Å². The Morgan fingerprint density at radius 1 is 1.22 bits per heavy atom. The molecule has 0 N–H and O–H groups in total. The molecule has 0 aliphatic heterocycles. The fourth-order valence-electron chi connectivity index (χ4n) is 0.905. The molecule has 0 aromatic rings. The maximum atomic E-state index is 11.3. The van der Waals surface area contributed by atoms with Crippen molar-refractivity contribution in [3.8, 4) is 0 Å². The molecule has 0 saturated heterocycles. The maximum Gasteiger partial charge on any atom is 0.144 e. The summed E-state index contributed by atoms with van der Waals surface area (Å²) in [4.78, 5) is 0. The third-order valence-electron chi connectivity index (χ3n) is 1.41. The molecule has 0 aromatic carbocycles. The number of nitrogens with zero attached hydrogens (tertiary/aromatic N) is 1. The van der Waals surface area contributed by atoms with E-state index in [9.17, 15) is 4.57 Å². The van der Waals surface area contributed by atoms with Gasteiger partial charge in [0.2, 0.25) is 0 Å². The van der Waals surface area contributed by atoms with E-state index in [1.54, 1.807) is 13.3 Å². The van der Waals surface area contributed by atoms with Crippen LogP contribution in [0.5, 0.6) is 0 Å². The molecule has 0 unspecified atom stereocenters. The molecule has 0 heterocycles. The second kappa shape index (κ2) is 3.38. The van der Waals surface area contributed by atoms with Gasteiger partial charge in [-0.15, -0.1) is 0 Å². The molecule has 0 rings (SSSR count). The highest BCUT2D eigenvalue weighted by molar-refractivity contribution is 7.59. The molecular formula is C6H16NOP. The Labute approximate surface area is 57.7 Å². The molecule has 3 heteroatoms. The Kier molecular flexibility index (Phi) is 3.45. The van der Waals surface area contributed by atoms with Crippen molar-refractivity contribution in [2.24, 2.45) is 0 Å². The van der Waals surface area contributed by atoms with Crippen LogP contribution in [0.4, 0.5) is 0 Å². The molecular weight excluding hydrogens is 133 g/mol. The average molecular weight is 149 g/mol. The van der Waals surface area contributed by atoms with Crippen LogP contribution in [-0.4, -0.2) is 31.1 Å². The molecule has 0 amide bonds. The summed E-state index contributed by atoms with van der Waals surface area (Å²) >= 11 is 0. The van der Waals surface area contributed by atoms with Gasteiger partial charge in [-0.3, -0.25) is 4.67 Å². The van der Waals surface area contributed by atoms with E-state index in [-0.39, 0.29) is 0 Å². The molecule has 9 heavy (non-hydrogen) atoms. The van der Waals surface area contributed by atoms with Gasteiger partial charge in [-0.1, -0.05) is 13.8 Å². The molecule has 0 saturated carbocycles. The number of rotatable bonds is 3. The first-order valence-electron chi connectivity index (χ1n) is 3.32. The Hall–Kier alpha value is 0.190. The van der Waals surface area contributed by atoms with Gasteiger partial charge in [0.25, 0.3) is 0 Å². The lowest BCUT2D eigenvalue weighted by Crippen LogP contribution is -2.18. The van der Waals surface area contributed by atoms with Crippen molar-refractivity contribution in [3.63, 3.8) is 0 Å². The predicted octanol–water partition coefficient (Wildman–Crippen LogP) is 1.87. The Balaban J connectivity index is 3.96. The maximum absolute atomic E-state index is 11.3. The van der Waals surface area contributed by atoms with Crippen LogP contribution < -0.4 is 0 Å². The topological polar surface area (TPSA) is 20.3 Å².